The molecule has 2 rings (SSSR count). The predicted octanol–water partition coefficient (Wildman–Crippen LogP) is 2.92. The molecule has 21 heavy (non-hydrogen) atoms. The number of aromatic carboxylic acids is 1. The van der Waals surface area contributed by atoms with Crippen LogP contribution in [0.3, 0.4) is 0 Å². The van der Waals surface area contributed by atoms with Gasteiger partial charge in [-0.1, -0.05) is 23.7 Å². The van der Waals surface area contributed by atoms with Gasteiger partial charge >= 0.3 is 5.97 Å². The SMILES string of the molecule is O=C(Cc1ccc(Cl)cc1)Nc1ccc(O)cc1C(=O)O. The number of phenolic OH excluding ortho intramolecular Hbond substituents is 1. The van der Waals surface area contributed by atoms with E-state index in [4.69, 9.17) is 16.7 Å². The van der Waals surface area contributed by atoms with E-state index in [0.717, 1.165) is 11.6 Å². The molecule has 0 heterocycles. The minimum atomic E-state index is -1.23. The van der Waals surface area contributed by atoms with E-state index >= 15 is 0 Å². The molecule has 3 N–H and O–H groups in total. The normalized spacial score (nSPS) is 10.1. The van der Waals surface area contributed by atoms with Gasteiger partial charge < -0.3 is 15.5 Å². The summed E-state index contributed by atoms with van der Waals surface area (Å²) in [6.07, 6.45) is 0.0943. The van der Waals surface area contributed by atoms with E-state index in [1.54, 1.807) is 24.3 Å². The second-order valence-corrected chi connectivity index (χ2v) is 4.82. The molecule has 0 atom stereocenters. The Hall–Kier alpha value is -2.53. The van der Waals surface area contributed by atoms with Crippen molar-refractivity contribution < 1.29 is 19.8 Å². The monoisotopic (exact) mass is 305 g/mol. The molecule has 0 fully saturated rings. The molecule has 1 amide bonds. The number of rotatable bonds is 4. The van der Waals surface area contributed by atoms with Crippen LogP contribution in [-0.2, 0) is 11.2 Å². The Morgan fingerprint density at radius 2 is 1.76 bits per heavy atom. The van der Waals surface area contributed by atoms with E-state index in [2.05, 4.69) is 5.32 Å². The number of hydrogen-bond donors (Lipinski definition) is 3. The lowest BCUT2D eigenvalue weighted by Gasteiger charge is -2.09. The van der Waals surface area contributed by atoms with Gasteiger partial charge in [0.15, 0.2) is 0 Å². The molecule has 0 saturated carbocycles. The molecular formula is C15H12ClNO4. The smallest absolute Gasteiger partial charge is 0.337 e. The van der Waals surface area contributed by atoms with Crippen LogP contribution in [0.4, 0.5) is 5.69 Å². The maximum Gasteiger partial charge on any atom is 0.337 e. The highest BCUT2D eigenvalue weighted by Gasteiger charge is 2.13. The minimum Gasteiger partial charge on any atom is -0.508 e. The zero-order chi connectivity index (χ0) is 15.4. The lowest BCUT2D eigenvalue weighted by Crippen LogP contribution is -2.16. The number of benzene rings is 2. The number of carbonyl (C=O) groups is 2. The van der Waals surface area contributed by atoms with Crippen molar-refractivity contribution in [1.82, 2.24) is 0 Å². The molecular weight excluding hydrogens is 294 g/mol. The molecule has 0 unspecified atom stereocenters. The number of anilines is 1. The first-order chi connectivity index (χ1) is 9.95. The van der Waals surface area contributed by atoms with Gasteiger partial charge in [0.2, 0.25) is 5.91 Å². The molecule has 2 aromatic carbocycles. The fraction of sp³-hybridized carbons (Fsp3) is 0.0667. The average molecular weight is 306 g/mol. The van der Waals surface area contributed by atoms with Crippen LogP contribution in [-0.4, -0.2) is 22.1 Å². The summed E-state index contributed by atoms with van der Waals surface area (Å²) in [5, 5.41) is 21.4. The summed E-state index contributed by atoms with van der Waals surface area (Å²) in [4.78, 5) is 23.0. The number of nitrogens with one attached hydrogen (secondary N) is 1. The molecule has 0 saturated heterocycles. The topological polar surface area (TPSA) is 86.6 Å². The summed E-state index contributed by atoms with van der Waals surface area (Å²) in [5.74, 6) is -1.76. The van der Waals surface area contributed by atoms with Crippen LogP contribution < -0.4 is 5.32 Å². The largest absolute Gasteiger partial charge is 0.508 e. The molecule has 6 heteroatoms. The van der Waals surface area contributed by atoms with Gasteiger partial charge in [-0.05, 0) is 35.9 Å². The first kappa shape index (κ1) is 14.9. The quantitative estimate of drug-likeness (QED) is 0.758. The van der Waals surface area contributed by atoms with Crippen molar-refractivity contribution in [2.75, 3.05) is 5.32 Å². The standard InChI is InChI=1S/C15H12ClNO4/c16-10-3-1-9(2-4-10)7-14(19)17-13-6-5-11(18)8-12(13)15(20)21/h1-6,8,18H,7H2,(H,17,19)(H,20,21). The highest BCUT2D eigenvalue weighted by atomic mass is 35.5. The van der Waals surface area contributed by atoms with Gasteiger partial charge in [0.1, 0.15) is 5.75 Å². The number of carbonyl (C=O) groups excluding carboxylic acids is 1. The maximum atomic E-state index is 11.9. The molecule has 5 nitrogen and oxygen atoms in total. The third kappa shape index (κ3) is 3.97. The van der Waals surface area contributed by atoms with Gasteiger partial charge in [-0.15, -0.1) is 0 Å². The van der Waals surface area contributed by atoms with Crippen molar-refractivity contribution in [2.24, 2.45) is 0 Å². The number of aromatic hydroxyl groups is 1. The fourth-order valence-corrected chi connectivity index (χ4v) is 1.93. The van der Waals surface area contributed by atoms with Crippen LogP contribution in [0.15, 0.2) is 42.5 Å². The van der Waals surface area contributed by atoms with Crippen LogP contribution in [0.2, 0.25) is 5.02 Å². The van der Waals surface area contributed by atoms with Gasteiger partial charge in [-0.3, -0.25) is 4.79 Å². The molecule has 0 spiro atoms. The van der Waals surface area contributed by atoms with Crippen LogP contribution in [0.1, 0.15) is 15.9 Å². The Bertz CT molecular complexity index is 683. The zero-order valence-electron chi connectivity index (χ0n) is 10.8. The minimum absolute atomic E-state index is 0.0943. The Balaban J connectivity index is 2.12. The number of amides is 1. The summed E-state index contributed by atoms with van der Waals surface area (Å²) < 4.78 is 0. The van der Waals surface area contributed by atoms with Gasteiger partial charge in [-0.25, -0.2) is 4.79 Å². The Kier molecular flexibility index (Phi) is 4.45. The van der Waals surface area contributed by atoms with E-state index in [1.165, 1.54) is 12.1 Å². The third-order valence-corrected chi connectivity index (χ3v) is 3.04. The van der Waals surface area contributed by atoms with Crippen molar-refractivity contribution in [3.63, 3.8) is 0 Å². The van der Waals surface area contributed by atoms with E-state index in [1.807, 2.05) is 0 Å². The second-order valence-electron chi connectivity index (χ2n) is 4.39. The number of phenols is 1. The van der Waals surface area contributed by atoms with E-state index in [9.17, 15) is 14.7 Å². The lowest BCUT2D eigenvalue weighted by molar-refractivity contribution is -0.115. The molecule has 0 radical (unpaired) electrons. The highest BCUT2D eigenvalue weighted by Crippen LogP contribution is 2.21. The van der Waals surface area contributed by atoms with Crippen LogP contribution in [0, 0.1) is 0 Å². The first-order valence-electron chi connectivity index (χ1n) is 6.06. The van der Waals surface area contributed by atoms with Crippen LogP contribution in [0.5, 0.6) is 5.75 Å². The first-order valence-corrected chi connectivity index (χ1v) is 6.44. The zero-order valence-corrected chi connectivity index (χ0v) is 11.6. The third-order valence-electron chi connectivity index (χ3n) is 2.79. The maximum absolute atomic E-state index is 11.9. The number of carboxylic acids is 1. The van der Waals surface area contributed by atoms with Gasteiger partial charge in [0.25, 0.3) is 0 Å². The van der Waals surface area contributed by atoms with Crippen molar-refractivity contribution in [3.05, 3.63) is 58.6 Å². The van der Waals surface area contributed by atoms with Crippen molar-refractivity contribution in [3.8, 4) is 5.75 Å². The molecule has 0 bridgehead atoms. The Labute approximate surface area is 125 Å². The van der Waals surface area contributed by atoms with Crippen molar-refractivity contribution in [1.29, 1.82) is 0 Å². The van der Waals surface area contributed by atoms with Crippen molar-refractivity contribution >= 4 is 29.2 Å². The number of halogens is 1. The summed E-state index contributed by atoms with van der Waals surface area (Å²) in [6, 6.07) is 10.5. The number of carboxylic acid groups (broad SMARTS) is 1. The summed E-state index contributed by atoms with van der Waals surface area (Å²) >= 11 is 5.76. The van der Waals surface area contributed by atoms with E-state index < -0.39 is 5.97 Å². The molecule has 0 aliphatic rings. The Morgan fingerprint density at radius 1 is 1.10 bits per heavy atom. The second kappa shape index (κ2) is 6.28. The van der Waals surface area contributed by atoms with Gasteiger partial charge in [0, 0.05) is 5.02 Å². The summed E-state index contributed by atoms with van der Waals surface area (Å²) in [5.41, 5.74) is 0.728. The predicted molar refractivity (Wildman–Crippen MR) is 78.9 cm³/mol. The summed E-state index contributed by atoms with van der Waals surface area (Å²) in [7, 11) is 0. The molecule has 0 aliphatic heterocycles. The highest BCUT2D eigenvalue weighted by molar-refractivity contribution is 6.30. The Morgan fingerprint density at radius 3 is 2.38 bits per heavy atom. The molecule has 0 aromatic heterocycles. The molecule has 0 aliphatic carbocycles. The van der Waals surface area contributed by atoms with Crippen molar-refractivity contribution in [2.45, 2.75) is 6.42 Å². The fourth-order valence-electron chi connectivity index (χ4n) is 1.80. The number of hydrogen-bond acceptors (Lipinski definition) is 3. The van der Waals surface area contributed by atoms with Crippen LogP contribution in [0.25, 0.3) is 0 Å². The van der Waals surface area contributed by atoms with Crippen LogP contribution >= 0.6 is 11.6 Å². The van der Waals surface area contributed by atoms with Gasteiger partial charge in [0.05, 0.1) is 17.7 Å². The van der Waals surface area contributed by atoms with E-state index in [0.29, 0.717) is 5.02 Å². The van der Waals surface area contributed by atoms with E-state index in [-0.39, 0.29) is 29.3 Å². The average Bonchev–Trinajstić information content (AvgIpc) is 2.43. The molecule has 2 aromatic rings. The lowest BCUT2D eigenvalue weighted by atomic mass is 10.1. The molecule has 108 valence electrons. The summed E-state index contributed by atoms with van der Waals surface area (Å²) in [6.45, 7) is 0. The van der Waals surface area contributed by atoms with Gasteiger partial charge in [-0.2, -0.15) is 0 Å².